The molecular formula is C18H12BrClN2. The molecule has 0 unspecified atom stereocenters. The van der Waals surface area contributed by atoms with Gasteiger partial charge in [-0.1, -0.05) is 39.7 Å². The molecule has 2 heterocycles. The fourth-order valence-electron chi connectivity index (χ4n) is 2.80. The molecule has 0 aliphatic rings. The van der Waals surface area contributed by atoms with Gasteiger partial charge in [0, 0.05) is 31.7 Å². The fourth-order valence-corrected chi connectivity index (χ4v) is 3.29. The van der Waals surface area contributed by atoms with Crippen molar-refractivity contribution in [3.63, 3.8) is 0 Å². The van der Waals surface area contributed by atoms with E-state index in [4.69, 9.17) is 16.6 Å². The smallest absolute Gasteiger partial charge is 0.0961 e. The number of halogens is 2. The van der Waals surface area contributed by atoms with Crippen LogP contribution in [0.5, 0.6) is 0 Å². The summed E-state index contributed by atoms with van der Waals surface area (Å²) in [6.07, 6.45) is 0. The predicted molar refractivity (Wildman–Crippen MR) is 96.5 cm³/mol. The van der Waals surface area contributed by atoms with Gasteiger partial charge in [-0.3, -0.25) is 4.98 Å². The quantitative estimate of drug-likeness (QED) is 0.430. The average molecular weight is 372 g/mol. The van der Waals surface area contributed by atoms with Crippen molar-refractivity contribution in [1.82, 2.24) is 9.97 Å². The van der Waals surface area contributed by atoms with Crippen molar-refractivity contribution in [2.75, 3.05) is 0 Å². The van der Waals surface area contributed by atoms with E-state index in [1.807, 2.05) is 37.3 Å². The van der Waals surface area contributed by atoms with Crippen LogP contribution in [-0.4, -0.2) is 9.97 Å². The Bertz CT molecular complexity index is 1000. The highest BCUT2D eigenvalue weighted by Crippen LogP contribution is 2.31. The Kier molecular flexibility index (Phi) is 3.21. The topological polar surface area (TPSA) is 28.7 Å². The standard InChI is InChI=1S/C18H12BrClN2/c1-10-15(11-2-5-13(20)6-3-11)9-17-18(21-10)14-7-4-12(19)8-16(14)22-17/h2-9,22H,1H3. The molecule has 1 N–H and O–H groups in total. The summed E-state index contributed by atoms with van der Waals surface area (Å²) in [4.78, 5) is 8.26. The second kappa shape index (κ2) is 5.11. The number of H-pyrrole nitrogens is 1. The summed E-state index contributed by atoms with van der Waals surface area (Å²) < 4.78 is 1.06. The van der Waals surface area contributed by atoms with Crippen LogP contribution in [0, 0.1) is 6.92 Å². The molecule has 2 aromatic heterocycles. The number of nitrogens with one attached hydrogen (secondary N) is 1. The van der Waals surface area contributed by atoms with E-state index in [0.717, 1.165) is 48.3 Å². The van der Waals surface area contributed by atoms with Gasteiger partial charge in [0.1, 0.15) is 0 Å². The first kappa shape index (κ1) is 13.8. The van der Waals surface area contributed by atoms with E-state index in [1.54, 1.807) is 0 Å². The Hall–Kier alpha value is -1.84. The lowest BCUT2D eigenvalue weighted by molar-refractivity contribution is 1.26. The van der Waals surface area contributed by atoms with Crippen molar-refractivity contribution in [3.8, 4) is 11.1 Å². The van der Waals surface area contributed by atoms with Crippen molar-refractivity contribution in [3.05, 3.63) is 63.7 Å². The Morgan fingerprint density at radius 1 is 1.00 bits per heavy atom. The molecule has 4 rings (SSSR count). The van der Waals surface area contributed by atoms with Crippen LogP contribution >= 0.6 is 27.5 Å². The molecule has 0 fully saturated rings. The Labute approximate surface area is 141 Å². The molecule has 0 atom stereocenters. The highest BCUT2D eigenvalue weighted by molar-refractivity contribution is 9.10. The van der Waals surface area contributed by atoms with Crippen LogP contribution in [-0.2, 0) is 0 Å². The number of hydrogen-bond donors (Lipinski definition) is 1. The van der Waals surface area contributed by atoms with E-state index >= 15 is 0 Å². The molecule has 108 valence electrons. The summed E-state index contributed by atoms with van der Waals surface area (Å²) in [5.74, 6) is 0. The SMILES string of the molecule is Cc1nc2c(cc1-c1ccc(Cl)cc1)[nH]c1cc(Br)ccc12. The van der Waals surface area contributed by atoms with Crippen LogP contribution in [0.4, 0.5) is 0 Å². The second-order valence-electron chi connectivity index (χ2n) is 5.34. The predicted octanol–water partition coefficient (Wildman–Crippen LogP) is 6.11. The first-order chi connectivity index (χ1) is 10.6. The maximum absolute atomic E-state index is 5.98. The first-order valence-corrected chi connectivity index (χ1v) is 8.13. The monoisotopic (exact) mass is 370 g/mol. The minimum absolute atomic E-state index is 0.742. The van der Waals surface area contributed by atoms with Gasteiger partial charge >= 0.3 is 0 Å². The molecule has 4 aromatic rings. The van der Waals surface area contributed by atoms with E-state index in [9.17, 15) is 0 Å². The second-order valence-corrected chi connectivity index (χ2v) is 6.69. The molecular weight excluding hydrogens is 360 g/mol. The number of aromatic nitrogens is 2. The van der Waals surface area contributed by atoms with Crippen molar-refractivity contribution in [2.45, 2.75) is 6.92 Å². The van der Waals surface area contributed by atoms with Crippen molar-refractivity contribution in [1.29, 1.82) is 0 Å². The van der Waals surface area contributed by atoms with Gasteiger partial charge in [-0.15, -0.1) is 0 Å². The number of pyridine rings is 1. The van der Waals surface area contributed by atoms with Crippen molar-refractivity contribution < 1.29 is 0 Å². The molecule has 0 bridgehead atoms. The minimum Gasteiger partial charge on any atom is -0.353 e. The lowest BCUT2D eigenvalue weighted by atomic mass is 10.0. The van der Waals surface area contributed by atoms with Gasteiger partial charge in [-0.05, 0) is 48.9 Å². The first-order valence-electron chi connectivity index (χ1n) is 6.96. The highest BCUT2D eigenvalue weighted by Gasteiger charge is 2.10. The molecule has 0 aliphatic heterocycles. The minimum atomic E-state index is 0.742. The Balaban J connectivity index is 1.99. The lowest BCUT2D eigenvalue weighted by Crippen LogP contribution is -1.88. The molecule has 22 heavy (non-hydrogen) atoms. The summed E-state index contributed by atoms with van der Waals surface area (Å²) in [5, 5.41) is 1.88. The molecule has 0 saturated carbocycles. The maximum atomic E-state index is 5.98. The normalized spacial score (nSPS) is 11.4. The van der Waals surface area contributed by atoms with E-state index in [-0.39, 0.29) is 0 Å². The van der Waals surface area contributed by atoms with E-state index in [2.05, 4.69) is 39.1 Å². The number of fused-ring (bicyclic) bond motifs is 3. The summed E-state index contributed by atoms with van der Waals surface area (Å²) in [5.41, 5.74) is 6.40. The summed E-state index contributed by atoms with van der Waals surface area (Å²) >= 11 is 9.49. The van der Waals surface area contributed by atoms with Crippen LogP contribution < -0.4 is 0 Å². The van der Waals surface area contributed by atoms with E-state index in [0.29, 0.717) is 0 Å². The van der Waals surface area contributed by atoms with Crippen molar-refractivity contribution >= 4 is 49.5 Å². The number of hydrogen-bond acceptors (Lipinski definition) is 1. The van der Waals surface area contributed by atoms with Gasteiger partial charge in [-0.25, -0.2) is 0 Å². The Morgan fingerprint density at radius 3 is 2.55 bits per heavy atom. The molecule has 0 saturated heterocycles. The number of benzene rings is 2. The maximum Gasteiger partial charge on any atom is 0.0961 e. The molecule has 4 heteroatoms. The van der Waals surface area contributed by atoms with Crippen LogP contribution in [0.15, 0.2) is 53.0 Å². The summed E-state index contributed by atoms with van der Waals surface area (Å²) in [6, 6.07) is 16.2. The number of nitrogens with zero attached hydrogens (tertiary/aromatic N) is 1. The molecule has 0 amide bonds. The third-order valence-corrected chi connectivity index (χ3v) is 4.62. The zero-order valence-corrected chi connectivity index (χ0v) is 14.2. The molecule has 0 radical (unpaired) electrons. The largest absolute Gasteiger partial charge is 0.353 e. The van der Waals surface area contributed by atoms with Gasteiger partial charge in [-0.2, -0.15) is 0 Å². The zero-order chi connectivity index (χ0) is 15.3. The van der Waals surface area contributed by atoms with Crippen molar-refractivity contribution in [2.24, 2.45) is 0 Å². The van der Waals surface area contributed by atoms with Crippen LogP contribution in [0.25, 0.3) is 33.1 Å². The van der Waals surface area contributed by atoms with Crippen LogP contribution in [0.1, 0.15) is 5.69 Å². The van der Waals surface area contributed by atoms with Gasteiger partial charge in [0.05, 0.1) is 11.0 Å². The highest BCUT2D eigenvalue weighted by atomic mass is 79.9. The molecule has 2 nitrogen and oxygen atoms in total. The average Bonchev–Trinajstić information content (AvgIpc) is 2.84. The van der Waals surface area contributed by atoms with Gasteiger partial charge in [0.15, 0.2) is 0 Å². The third-order valence-electron chi connectivity index (χ3n) is 3.87. The number of aromatic amines is 1. The third kappa shape index (κ3) is 2.21. The van der Waals surface area contributed by atoms with Gasteiger partial charge in [0.2, 0.25) is 0 Å². The summed E-state index contributed by atoms with van der Waals surface area (Å²) in [7, 11) is 0. The molecule has 2 aromatic carbocycles. The summed E-state index contributed by atoms with van der Waals surface area (Å²) in [6.45, 7) is 2.04. The zero-order valence-electron chi connectivity index (χ0n) is 11.8. The number of rotatable bonds is 1. The number of aryl methyl sites for hydroxylation is 1. The van der Waals surface area contributed by atoms with Gasteiger partial charge < -0.3 is 4.98 Å². The lowest BCUT2D eigenvalue weighted by Gasteiger charge is -2.06. The Morgan fingerprint density at radius 2 is 1.77 bits per heavy atom. The van der Waals surface area contributed by atoms with Gasteiger partial charge in [0.25, 0.3) is 0 Å². The van der Waals surface area contributed by atoms with E-state index < -0.39 is 0 Å². The molecule has 0 spiro atoms. The van der Waals surface area contributed by atoms with Crippen LogP contribution in [0.3, 0.4) is 0 Å². The van der Waals surface area contributed by atoms with E-state index in [1.165, 1.54) is 0 Å². The molecule has 0 aliphatic carbocycles. The van der Waals surface area contributed by atoms with Crippen LogP contribution in [0.2, 0.25) is 5.02 Å². The fraction of sp³-hybridized carbons (Fsp3) is 0.0556.